The maximum Gasteiger partial charge on any atom is 0.327 e. The number of carbonyl (C=O) groups excluding carboxylic acids is 2. The molecule has 1 unspecified atom stereocenters. The van der Waals surface area contributed by atoms with E-state index in [-0.39, 0.29) is 11.5 Å². The van der Waals surface area contributed by atoms with Crippen molar-refractivity contribution in [3.05, 3.63) is 35.4 Å². The average molecular weight is 725 g/mol. The lowest BCUT2D eigenvalue weighted by atomic mass is 10.0. The Morgan fingerprint density at radius 3 is 1.44 bits per heavy atom. The second kappa shape index (κ2) is 15.9. The van der Waals surface area contributed by atoms with Crippen molar-refractivity contribution in [2.75, 3.05) is 54.6 Å². The summed E-state index contributed by atoms with van der Waals surface area (Å²) in [6.07, 6.45) is 0. The second-order valence-corrected chi connectivity index (χ2v) is 12.4. The number of carbonyl (C=O) groups is 4. The molecule has 0 fully saturated rings. The topological polar surface area (TPSA) is 301 Å². The number of benzene rings is 2. The maximum absolute atomic E-state index is 13.1. The van der Waals surface area contributed by atoms with Gasteiger partial charge in [-0.15, -0.1) is 0 Å². The number of rotatable bonds is 17. The fourth-order valence-electron chi connectivity index (χ4n) is 4.58. The fraction of sp³-hybridized carbons (Fsp3) is 0.385. The van der Waals surface area contributed by atoms with Crippen molar-refractivity contribution >= 4 is 44.1 Å². The van der Waals surface area contributed by atoms with E-state index < -0.39 is 115 Å². The molecule has 0 aliphatic heterocycles. The molecule has 0 saturated heterocycles. The largest absolute Gasteiger partial charge is 0.506 e. The first-order valence-corrected chi connectivity index (χ1v) is 15.9. The van der Waals surface area contributed by atoms with E-state index >= 15 is 0 Å². The first-order valence-electron chi connectivity index (χ1n) is 13.1. The van der Waals surface area contributed by atoms with Crippen LogP contribution in [0, 0.1) is 0 Å². The molecule has 0 amide bonds. The van der Waals surface area contributed by atoms with Gasteiger partial charge >= 0.3 is 23.9 Å². The van der Waals surface area contributed by atoms with Gasteiger partial charge in [-0.25, -0.2) is 4.79 Å². The Balaban J connectivity index is 2.82. The van der Waals surface area contributed by atoms with Crippen LogP contribution in [0.4, 0.5) is 0 Å². The van der Waals surface area contributed by atoms with Crippen molar-refractivity contribution in [1.29, 1.82) is 0 Å². The van der Waals surface area contributed by atoms with E-state index in [0.29, 0.717) is 12.1 Å². The van der Waals surface area contributed by atoms with Crippen molar-refractivity contribution in [1.82, 2.24) is 9.80 Å². The number of carboxylic acids is 2. The van der Waals surface area contributed by atoms with Crippen LogP contribution in [-0.2, 0) is 48.9 Å². The van der Waals surface area contributed by atoms with Crippen molar-refractivity contribution in [3.8, 4) is 23.0 Å². The van der Waals surface area contributed by atoms with Crippen LogP contribution in [0.5, 0.6) is 23.0 Å². The summed E-state index contributed by atoms with van der Waals surface area (Å²) in [5.74, 6) is -8.86. The van der Waals surface area contributed by atoms with Crippen LogP contribution in [0.15, 0.2) is 34.1 Å². The monoisotopic (exact) mass is 724 g/mol. The van der Waals surface area contributed by atoms with Gasteiger partial charge in [0, 0.05) is 36.3 Å². The van der Waals surface area contributed by atoms with Crippen LogP contribution in [-0.4, -0.2) is 135 Å². The molecule has 266 valence electrons. The second-order valence-electron chi connectivity index (χ2n) is 9.65. The predicted molar refractivity (Wildman–Crippen MR) is 157 cm³/mol. The van der Waals surface area contributed by atoms with Gasteiger partial charge in [-0.05, 0) is 12.1 Å². The number of phenolic OH excluding ortho intramolecular Hbond substituents is 2. The van der Waals surface area contributed by atoms with Gasteiger partial charge in [0.05, 0.1) is 41.5 Å². The summed E-state index contributed by atoms with van der Waals surface area (Å²) >= 11 is 0. The van der Waals surface area contributed by atoms with Crippen LogP contribution < -0.4 is 9.47 Å². The Kier molecular flexibility index (Phi) is 13.1. The lowest BCUT2D eigenvalue weighted by molar-refractivity contribution is -0.153. The van der Waals surface area contributed by atoms with Crippen molar-refractivity contribution in [2.24, 2.45) is 0 Å². The highest BCUT2D eigenvalue weighted by molar-refractivity contribution is 7.86. The predicted octanol–water partition coefficient (Wildman–Crippen LogP) is -0.490. The molecule has 6 N–H and O–H groups in total. The lowest BCUT2D eigenvalue weighted by Crippen LogP contribution is -2.46. The van der Waals surface area contributed by atoms with E-state index in [9.17, 15) is 65.5 Å². The quantitative estimate of drug-likeness (QED) is 0.0885. The van der Waals surface area contributed by atoms with Crippen molar-refractivity contribution in [2.45, 2.75) is 21.9 Å². The van der Waals surface area contributed by atoms with Gasteiger partial charge in [0.15, 0.2) is 0 Å². The molecule has 0 aromatic heterocycles. The summed E-state index contributed by atoms with van der Waals surface area (Å²) in [6, 6.07) is -0.890. The summed E-state index contributed by atoms with van der Waals surface area (Å²) < 4.78 is 86.5. The molecule has 2 aromatic carbocycles. The van der Waals surface area contributed by atoms with Crippen LogP contribution in [0.2, 0.25) is 0 Å². The molecule has 2 rings (SSSR count). The molecule has 0 bridgehead atoms. The summed E-state index contributed by atoms with van der Waals surface area (Å²) in [6.45, 7) is -3.40. The number of phenols is 2. The average Bonchev–Trinajstić information content (AvgIpc) is 2.99. The third kappa shape index (κ3) is 9.42. The molecule has 48 heavy (non-hydrogen) atoms. The third-order valence-electron chi connectivity index (χ3n) is 6.73. The first-order chi connectivity index (χ1) is 22.2. The molecule has 0 aliphatic rings. The first kappa shape index (κ1) is 39.4. The SMILES string of the molecule is COC(=O)CN(CCN(CC(=O)O)C(C(=O)OC)c1cc(OC)cc(S(=O)(=O)O)c1O)[C@H](C(=O)O)c1cc(OC)cc(S(=O)(=O)O)c1O. The molecule has 0 saturated carbocycles. The van der Waals surface area contributed by atoms with Gasteiger partial charge in [0.2, 0.25) is 0 Å². The summed E-state index contributed by atoms with van der Waals surface area (Å²) in [5.41, 5.74) is -1.34. The lowest BCUT2D eigenvalue weighted by Gasteiger charge is -2.34. The number of hydrogen-bond acceptors (Lipinski definition) is 16. The Morgan fingerprint density at radius 1 is 0.688 bits per heavy atom. The Bertz CT molecular complexity index is 1770. The number of hydrogen-bond donors (Lipinski definition) is 6. The molecule has 2 atom stereocenters. The summed E-state index contributed by atoms with van der Waals surface area (Å²) in [7, 11) is -6.38. The number of aromatic hydroxyl groups is 2. The van der Waals surface area contributed by atoms with Crippen LogP contribution in [0.25, 0.3) is 0 Å². The van der Waals surface area contributed by atoms with E-state index in [2.05, 4.69) is 4.74 Å². The molecule has 2 aromatic rings. The van der Waals surface area contributed by atoms with Gasteiger partial charge in [-0.3, -0.25) is 33.3 Å². The molecule has 0 spiro atoms. The fourth-order valence-corrected chi connectivity index (χ4v) is 5.84. The van der Waals surface area contributed by atoms with Crippen LogP contribution in [0.3, 0.4) is 0 Å². The molecular weight excluding hydrogens is 692 g/mol. The summed E-state index contributed by atoms with van der Waals surface area (Å²) in [5, 5.41) is 41.5. The van der Waals surface area contributed by atoms with Gasteiger partial charge in [0.25, 0.3) is 20.2 Å². The smallest absolute Gasteiger partial charge is 0.327 e. The minimum Gasteiger partial charge on any atom is -0.506 e. The van der Waals surface area contributed by atoms with E-state index in [1.54, 1.807) is 0 Å². The molecule has 20 nitrogen and oxygen atoms in total. The maximum atomic E-state index is 13.1. The van der Waals surface area contributed by atoms with Gasteiger partial charge < -0.3 is 39.4 Å². The molecule has 0 aliphatic carbocycles. The Hall–Kier alpha value is -4.74. The minimum atomic E-state index is -5.17. The van der Waals surface area contributed by atoms with E-state index in [1.807, 2.05) is 0 Å². The standard InChI is InChI=1S/C26H32N2O18S2/c1-43-13-7-15(23(32)17(9-13)47(37,38)39)21(25(34)35)28(12-20(31)45-3)6-5-27(11-19(29)30)22(26(36)46-4)16-8-14(44-2)10-18(24(16)33)48(40,41)42/h7-10,21-22,32-33H,5-6,11-12H2,1-4H3,(H,29,30)(H,34,35)(H,37,38,39)(H,40,41,42)/t21-,22?/m0/s1. The van der Waals surface area contributed by atoms with Crippen molar-refractivity contribution in [3.63, 3.8) is 0 Å². The number of carboxylic acid groups (broad SMARTS) is 2. The highest BCUT2D eigenvalue weighted by Crippen LogP contribution is 2.40. The molecule has 22 heteroatoms. The Labute approximate surface area is 273 Å². The molecule has 0 heterocycles. The molecule has 0 radical (unpaired) electrons. The third-order valence-corrected chi connectivity index (χ3v) is 8.47. The zero-order chi connectivity index (χ0) is 36.7. The van der Waals surface area contributed by atoms with E-state index in [0.717, 1.165) is 50.4 Å². The normalized spacial score (nSPS) is 13.1. The van der Waals surface area contributed by atoms with E-state index in [4.69, 9.17) is 14.2 Å². The number of ether oxygens (including phenoxy) is 4. The van der Waals surface area contributed by atoms with Crippen LogP contribution in [0.1, 0.15) is 23.2 Å². The highest BCUT2D eigenvalue weighted by Gasteiger charge is 2.38. The number of methoxy groups -OCH3 is 4. The highest BCUT2D eigenvalue weighted by atomic mass is 32.2. The van der Waals surface area contributed by atoms with Gasteiger partial charge in [-0.2, -0.15) is 16.8 Å². The molecular formula is C26H32N2O18S2. The summed E-state index contributed by atoms with van der Waals surface area (Å²) in [4.78, 5) is 49.4. The van der Waals surface area contributed by atoms with Gasteiger partial charge in [-0.1, -0.05) is 0 Å². The van der Waals surface area contributed by atoms with Crippen LogP contribution >= 0.6 is 0 Å². The number of nitrogens with zero attached hydrogens (tertiary/aromatic N) is 2. The minimum absolute atomic E-state index is 0.319. The van der Waals surface area contributed by atoms with Gasteiger partial charge in [0.1, 0.15) is 44.9 Å². The number of esters is 2. The zero-order valence-corrected chi connectivity index (χ0v) is 27.2. The van der Waals surface area contributed by atoms with Crippen molar-refractivity contribution < 1.29 is 84.5 Å². The number of aliphatic carboxylic acids is 2. The van der Waals surface area contributed by atoms with E-state index in [1.165, 1.54) is 0 Å². The zero-order valence-electron chi connectivity index (χ0n) is 25.6. The Morgan fingerprint density at radius 2 is 1.10 bits per heavy atom.